The summed E-state index contributed by atoms with van der Waals surface area (Å²) in [6.07, 6.45) is 3.70. The van der Waals surface area contributed by atoms with Gasteiger partial charge < -0.3 is 20.3 Å². The molecule has 3 aromatic rings. The maximum Gasteiger partial charge on any atom is 0.328 e. The lowest BCUT2D eigenvalue weighted by molar-refractivity contribution is -0.134. The van der Waals surface area contributed by atoms with Crippen LogP contribution in [-0.4, -0.2) is 61.4 Å². The molecule has 0 saturated heterocycles. The smallest absolute Gasteiger partial charge is 0.328 e. The van der Waals surface area contributed by atoms with E-state index in [0.29, 0.717) is 24.3 Å². The van der Waals surface area contributed by atoms with Crippen molar-refractivity contribution in [2.75, 3.05) is 6.54 Å². The molecule has 4 rings (SSSR count). The van der Waals surface area contributed by atoms with Gasteiger partial charge in [-0.05, 0) is 62.6 Å². The molecule has 0 fully saturated rings. The van der Waals surface area contributed by atoms with E-state index in [9.17, 15) is 18.8 Å². The second-order valence-electron chi connectivity index (χ2n) is 9.99. The quantitative estimate of drug-likeness (QED) is 0.288. The molecule has 0 bridgehead atoms. The lowest BCUT2D eigenvalue weighted by Crippen LogP contribution is -2.48. The molecule has 4 N–H and O–H groups in total. The maximum atomic E-state index is 15.3. The van der Waals surface area contributed by atoms with Crippen molar-refractivity contribution in [3.63, 3.8) is 0 Å². The maximum absolute atomic E-state index is 15.3. The summed E-state index contributed by atoms with van der Waals surface area (Å²) < 4.78 is 45.4. The minimum absolute atomic E-state index is 0.00676. The molecule has 0 spiro atoms. The van der Waals surface area contributed by atoms with E-state index in [1.54, 1.807) is 4.90 Å². The first-order chi connectivity index (χ1) is 18.7. The number of nitrogens with zero attached hydrogens (tertiary/aromatic N) is 1. The fourth-order valence-electron chi connectivity index (χ4n) is 4.77. The molecular formula is C29H29F3N2O6. The van der Waals surface area contributed by atoms with Crippen LogP contribution in [0.25, 0.3) is 17.0 Å². The molecule has 2 aromatic carbocycles. The third-order valence-electron chi connectivity index (χ3n) is 6.24. The first-order valence-electron chi connectivity index (χ1n) is 12.3. The van der Waals surface area contributed by atoms with Crippen LogP contribution in [0.3, 0.4) is 0 Å². The summed E-state index contributed by atoms with van der Waals surface area (Å²) in [4.78, 5) is 35.0. The Morgan fingerprint density at radius 3 is 2.08 bits per heavy atom. The number of aliphatic carboxylic acids is 3. The number of H-pyrrole nitrogens is 1. The van der Waals surface area contributed by atoms with Crippen LogP contribution in [0.2, 0.25) is 0 Å². The molecule has 0 radical (unpaired) electrons. The van der Waals surface area contributed by atoms with Gasteiger partial charge in [0.15, 0.2) is 0 Å². The molecular weight excluding hydrogens is 529 g/mol. The monoisotopic (exact) mass is 558 g/mol. The number of fused-ring (bicyclic) bond motifs is 3. The molecule has 40 heavy (non-hydrogen) atoms. The summed E-state index contributed by atoms with van der Waals surface area (Å²) >= 11 is 0. The Morgan fingerprint density at radius 2 is 1.55 bits per heavy atom. The molecule has 2 unspecified atom stereocenters. The van der Waals surface area contributed by atoms with Gasteiger partial charge >= 0.3 is 17.9 Å². The standard InChI is InChI=1S/C25H25F3N2O2.C4H4O4/c1-14-10-17-16-6-4-5-7-20(16)29-23(17)24(30(14)13-25(2,3)28)22-18(26)11-15(12-19(22)27)8-9-21(31)32;5-3(6)1-2-4(7)8/h4-9,11-12,14,24,29H,10,13H2,1-3H3,(H,31,32);1-2H,(H,5,6)(H,7,8)/b9-8+;. The minimum atomic E-state index is -1.58. The van der Waals surface area contributed by atoms with Crippen molar-refractivity contribution in [1.82, 2.24) is 9.88 Å². The summed E-state index contributed by atoms with van der Waals surface area (Å²) in [5.41, 5.74) is 0.829. The number of carboxylic acids is 3. The van der Waals surface area contributed by atoms with Gasteiger partial charge in [-0.3, -0.25) is 4.90 Å². The first kappa shape index (κ1) is 30.2. The number of alkyl halides is 1. The minimum Gasteiger partial charge on any atom is -0.478 e. The third-order valence-corrected chi connectivity index (χ3v) is 6.24. The zero-order chi connectivity index (χ0) is 29.8. The third kappa shape index (κ3) is 7.38. The summed E-state index contributed by atoms with van der Waals surface area (Å²) in [5.74, 6) is -5.34. The SMILES string of the molecule is CC1Cc2c([nH]c3ccccc23)C(c2c(F)cc(/C=C/C(=O)O)cc2F)N1CC(C)(C)F.O=C(O)C=CC(=O)O. The number of rotatable bonds is 7. The van der Waals surface area contributed by atoms with Crippen LogP contribution in [0.1, 0.15) is 49.2 Å². The largest absolute Gasteiger partial charge is 0.478 e. The van der Waals surface area contributed by atoms with Crippen molar-refractivity contribution >= 4 is 34.9 Å². The highest BCUT2D eigenvalue weighted by Crippen LogP contribution is 2.43. The predicted molar refractivity (Wildman–Crippen MR) is 143 cm³/mol. The molecule has 2 atom stereocenters. The number of carboxylic acid groups (broad SMARTS) is 3. The number of nitrogens with one attached hydrogen (secondary N) is 1. The van der Waals surface area contributed by atoms with Crippen molar-refractivity contribution in [3.8, 4) is 0 Å². The highest BCUT2D eigenvalue weighted by atomic mass is 19.1. The van der Waals surface area contributed by atoms with Gasteiger partial charge in [-0.2, -0.15) is 0 Å². The van der Waals surface area contributed by atoms with Crippen molar-refractivity contribution < 1.29 is 42.9 Å². The second kappa shape index (κ2) is 12.2. The number of carbonyl (C=O) groups is 3. The van der Waals surface area contributed by atoms with Crippen molar-refractivity contribution in [2.24, 2.45) is 0 Å². The van der Waals surface area contributed by atoms with Crippen LogP contribution in [-0.2, 0) is 20.8 Å². The zero-order valence-corrected chi connectivity index (χ0v) is 22.0. The van der Waals surface area contributed by atoms with E-state index >= 15 is 8.78 Å². The van der Waals surface area contributed by atoms with E-state index < -0.39 is 41.3 Å². The molecule has 8 nitrogen and oxygen atoms in total. The highest BCUT2D eigenvalue weighted by Gasteiger charge is 2.40. The van der Waals surface area contributed by atoms with E-state index in [2.05, 4.69) is 4.98 Å². The Hall–Kier alpha value is -4.38. The van der Waals surface area contributed by atoms with Gasteiger partial charge in [-0.1, -0.05) is 18.2 Å². The lowest BCUT2D eigenvalue weighted by Gasteiger charge is -2.43. The number of benzene rings is 2. The highest BCUT2D eigenvalue weighted by molar-refractivity contribution is 5.89. The molecule has 2 heterocycles. The first-order valence-corrected chi connectivity index (χ1v) is 12.3. The fraction of sp³-hybridized carbons (Fsp3) is 0.276. The summed E-state index contributed by atoms with van der Waals surface area (Å²) in [6.45, 7) is 4.82. The topological polar surface area (TPSA) is 131 Å². The van der Waals surface area contributed by atoms with Gasteiger partial charge in [-0.15, -0.1) is 0 Å². The number of hydrogen-bond donors (Lipinski definition) is 4. The van der Waals surface area contributed by atoms with Crippen LogP contribution >= 0.6 is 0 Å². The van der Waals surface area contributed by atoms with Gasteiger partial charge in [0, 0.05) is 53.0 Å². The van der Waals surface area contributed by atoms with Crippen LogP contribution in [0.5, 0.6) is 0 Å². The van der Waals surface area contributed by atoms with Crippen molar-refractivity contribution in [1.29, 1.82) is 0 Å². The molecule has 0 aliphatic carbocycles. The lowest BCUT2D eigenvalue weighted by atomic mass is 9.87. The summed E-state index contributed by atoms with van der Waals surface area (Å²) in [5, 5.41) is 25.4. The average Bonchev–Trinajstić information content (AvgIpc) is 3.20. The number of halogens is 3. The molecule has 11 heteroatoms. The molecule has 0 amide bonds. The van der Waals surface area contributed by atoms with Gasteiger partial charge in [0.1, 0.15) is 17.3 Å². The second-order valence-corrected chi connectivity index (χ2v) is 9.99. The van der Waals surface area contributed by atoms with E-state index in [4.69, 9.17) is 15.3 Å². The van der Waals surface area contributed by atoms with Gasteiger partial charge in [0.2, 0.25) is 0 Å². The number of aromatic nitrogens is 1. The van der Waals surface area contributed by atoms with Crippen LogP contribution in [0, 0.1) is 11.6 Å². The van der Waals surface area contributed by atoms with Crippen LogP contribution < -0.4 is 0 Å². The summed E-state index contributed by atoms with van der Waals surface area (Å²) in [6, 6.07) is 8.88. The summed E-state index contributed by atoms with van der Waals surface area (Å²) in [7, 11) is 0. The van der Waals surface area contributed by atoms with Gasteiger partial charge in [-0.25, -0.2) is 27.6 Å². The zero-order valence-electron chi connectivity index (χ0n) is 22.0. The van der Waals surface area contributed by atoms with Crippen LogP contribution in [0.4, 0.5) is 13.2 Å². The predicted octanol–water partition coefficient (Wildman–Crippen LogP) is 5.34. The Labute approximate surface area is 228 Å². The van der Waals surface area contributed by atoms with Crippen molar-refractivity contribution in [3.05, 3.63) is 88.6 Å². The van der Waals surface area contributed by atoms with E-state index in [0.717, 1.165) is 40.8 Å². The molecule has 0 saturated carbocycles. The Bertz CT molecular complexity index is 1450. The van der Waals surface area contributed by atoms with Crippen LogP contribution in [0.15, 0.2) is 54.6 Å². The number of hydrogen-bond acceptors (Lipinski definition) is 4. The normalized spacial score (nSPS) is 17.6. The Kier molecular flexibility index (Phi) is 9.21. The number of para-hydroxylation sites is 1. The van der Waals surface area contributed by atoms with E-state index in [1.807, 2.05) is 31.2 Å². The molecule has 1 aliphatic heterocycles. The molecule has 212 valence electrons. The Balaban J connectivity index is 0.000000482. The van der Waals surface area contributed by atoms with E-state index in [1.165, 1.54) is 13.8 Å². The van der Waals surface area contributed by atoms with Gasteiger partial charge in [0.25, 0.3) is 0 Å². The number of aromatic amines is 1. The fourth-order valence-corrected chi connectivity index (χ4v) is 4.77. The van der Waals surface area contributed by atoms with Gasteiger partial charge in [0.05, 0.1) is 6.04 Å². The van der Waals surface area contributed by atoms with Crippen molar-refractivity contribution in [2.45, 2.75) is 44.9 Å². The average molecular weight is 559 g/mol. The Morgan fingerprint density at radius 1 is 1.00 bits per heavy atom. The molecule has 1 aromatic heterocycles. The molecule has 1 aliphatic rings. The van der Waals surface area contributed by atoms with E-state index in [-0.39, 0.29) is 23.7 Å².